The van der Waals surface area contributed by atoms with Crippen LogP contribution in [-0.4, -0.2) is 23.5 Å². The molecular weight excluding hydrogens is 381 g/mol. The first kappa shape index (κ1) is 20.5. The molecule has 3 saturated carbocycles. The van der Waals surface area contributed by atoms with Crippen LogP contribution in [0.5, 0.6) is 0 Å². The highest BCUT2D eigenvalue weighted by Crippen LogP contribution is 2.67. The van der Waals surface area contributed by atoms with Gasteiger partial charge in [0.2, 0.25) is 0 Å². The number of halogens is 3. The van der Waals surface area contributed by atoms with Crippen LogP contribution in [0, 0.1) is 41.4 Å². The Morgan fingerprint density at radius 2 is 1.97 bits per heavy atom. The van der Waals surface area contributed by atoms with Gasteiger partial charge in [0, 0.05) is 11.8 Å². The topological polar surface area (TPSA) is 43.4 Å². The average Bonchev–Trinajstić information content (AvgIpc) is 3.01. The van der Waals surface area contributed by atoms with Gasteiger partial charge in [-0.1, -0.05) is 18.4 Å². The minimum absolute atomic E-state index is 0.155. The number of fused-ring (bicyclic) bond motifs is 5. The molecule has 0 bridgehead atoms. The Bertz CT molecular complexity index is 792. The van der Waals surface area contributed by atoms with E-state index in [-0.39, 0.29) is 11.7 Å². The van der Waals surface area contributed by atoms with E-state index in [2.05, 4.69) is 5.92 Å². The fourth-order valence-electron chi connectivity index (χ4n) is 7.33. The molecule has 158 valence electrons. The number of alkyl halides is 3. The molecule has 0 saturated heterocycles. The molecule has 0 aromatic carbocycles. The normalized spacial score (nSPS) is 41.5. The van der Waals surface area contributed by atoms with Crippen molar-refractivity contribution in [3.05, 3.63) is 11.6 Å². The number of ether oxygens (including phenoxy) is 1. The minimum Gasteiger partial charge on any atom is -0.439 e. The zero-order valence-electron chi connectivity index (χ0n) is 16.7. The molecule has 0 radical (unpaired) electrons. The average molecular weight is 408 g/mol. The monoisotopic (exact) mass is 408 g/mol. The van der Waals surface area contributed by atoms with E-state index in [4.69, 9.17) is 11.2 Å². The highest BCUT2D eigenvalue weighted by atomic mass is 19.4. The van der Waals surface area contributed by atoms with Crippen molar-refractivity contribution in [3.8, 4) is 12.3 Å². The molecule has 0 unspecified atom stereocenters. The Balaban J connectivity index is 1.65. The second-order valence-corrected chi connectivity index (χ2v) is 9.25. The Morgan fingerprint density at radius 1 is 1.21 bits per heavy atom. The van der Waals surface area contributed by atoms with E-state index in [1.54, 1.807) is 0 Å². The standard InChI is InChI=1S/C23H27F3O3/c1-3-21-11-9-17-16-8-6-15(27)13-14(16)5-7-18(17)19(21)10-12-22(21,4-2)29-20(28)23(24,25)26/h2,13,16-19H,3,5-12H2,1H3/t16-,17+,18+,19-,21-,22-/m0/s1. The van der Waals surface area contributed by atoms with Crippen LogP contribution in [0.2, 0.25) is 0 Å². The molecule has 0 spiro atoms. The summed E-state index contributed by atoms with van der Waals surface area (Å²) in [6, 6.07) is 0. The Morgan fingerprint density at radius 3 is 2.62 bits per heavy atom. The molecule has 3 nitrogen and oxygen atoms in total. The van der Waals surface area contributed by atoms with Crippen molar-refractivity contribution < 1.29 is 27.5 Å². The number of rotatable bonds is 2. The number of terminal acetylenes is 1. The Hall–Kier alpha value is -1.77. The lowest BCUT2D eigenvalue weighted by molar-refractivity contribution is -0.221. The SMILES string of the molecule is C#C[C@]1(OC(=O)C(F)(F)F)CC[C@H]2[C@@H]3CCC4=CC(=O)CC[C@@H]4[C@H]3CC[C@@]21CC. The maximum atomic E-state index is 13.0. The third-order valence-electron chi connectivity index (χ3n) is 8.48. The fraction of sp³-hybridized carbons (Fsp3) is 0.739. The molecule has 0 aromatic heterocycles. The summed E-state index contributed by atoms with van der Waals surface area (Å²) in [5.41, 5.74) is -0.825. The van der Waals surface area contributed by atoms with Crippen molar-refractivity contribution in [3.63, 3.8) is 0 Å². The zero-order chi connectivity index (χ0) is 21.0. The lowest BCUT2D eigenvalue weighted by atomic mass is 9.49. The fourth-order valence-corrected chi connectivity index (χ4v) is 7.33. The summed E-state index contributed by atoms with van der Waals surface area (Å²) < 4.78 is 44.0. The zero-order valence-corrected chi connectivity index (χ0v) is 16.7. The van der Waals surface area contributed by atoms with Crippen molar-refractivity contribution >= 4 is 11.8 Å². The number of hydrogen-bond donors (Lipinski definition) is 0. The summed E-state index contributed by atoms with van der Waals surface area (Å²) in [5.74, 6) is 1.92. The molecule has 0 heterocycles. The van der Waals surface area contributed by atoms with Gasteiger partial charge in [0.05, 0.1) is 0 Å². The number of carbonyl (C=O) groups is 2. The third-order valence-corrected chi connectivity index (χ3v) is 8.48. The molecule has 6 atom stereocenters. The maximum Gasteiger partial charge on any atom is 0.490 e. The smallest absolute Gasteiger partial charge is 0.439 e. The van der Waals surface area contributed by atoms with E-state index < -0.39 is 23.2 Å². The predicted octanol–water partition coefficient (Wildman–Crippen LogP) is 5.00. The Kier molecular flexibility index (Phi) is 4.87. The summed E-state index contributed by atoms with van der Waals surface area (Å²) in [5, 5.41) is 0. The van der Waals surface area contributed by atoms with E-state index in [0.29, 0.717) is 49.9 Å². The van der Waals surface area contributed by atoms with Crippen molar-refractivity contribution in [2.24, 2.45) is 29.1 Å². The number of carbonyl (C=O) groups excluding carboxylic acids is 2. The van der Waals surface area contributed by atoms with Gasteiger partial charge in [0.25, 0.3) is 0 Å². The maximum absolute atomic E-state index is 13.0. The first-order chi connectivity index (χ1) is 13.7. The van der Waals surface area contributed by atoms with Crippen molar-refractivity contribution in [2.45, 2.75) is 76.5 Å². The van der Waals surface area contributed by atoms with Crippen molar-refractivity contribution in [1.82, 2.24) is 0 Å². The van der Waals surface area contributed by atoms with Gasteiger partial charge in [0.15, 0.2) is 11.4 Å². The van der Waals surface area contributed by atoms with Crippen molar-refractivity contribution in [2.75, 3.05) is 0 Å². The third kappa shape index (κ3) is 2.95. The molecule has 6 heteroatoms. The highest BCUT2D eigenvalue weighted by molar-refractivity contribution is 5.91. The van der Waals surface area contributed by atoms with Gasteiger partial charge >= 0.3 is 12.1 Å². The van der Waals surface area contributed by atoms with Crippen LogP contribution in [0.3, 0.4) is 0 Å². The van der Waals surface area contributed by atoms with E-state index in [1.807, 2.05) is 13.0 Å². The molecule has 0 amide bonds. The van der Waals surface area contributed by atoms with Crippen LogP contribution in [0.4, 0.5) is 13.2 Å². The van der Waals surface area contributed by atoms with Gasteiger partial charge < -0.3 is 4.74 Å². The van der Waals surface area contributed by atoms with E-state index in [0.717, 1.165) is 25.7 Å². The number of ketones is 1. The van der Waals surface area contributed by atoms with Crippen LogP contribution in [-0.2, 0) is 14.3 Å². The van der Waals surface area contributed by atoms with E-state index in [9.17, 15) is 22.8 Å². The molecule has 0 aromatic rings. The molecule has 3 fully saturated rings. The highest BCUT2D eigenvalue weighted by Gasteiger charge is 2.66. The molecule has 4 aliphatic rings. The number of allylic oxidation sites excluding steroid dienone is 1. The number of esters is 1. The van der Waals surface area contributed by atoms with Crippen LogP contribution in [0.15, 0.2) is 11.6 Å². The summed E-state index contributed by atoms with van der Waals surface area (Å²) >= 11 is 0. The molecular formula is C23H27F3O3. The van der Waals surface area contributed by atoms with E-state index >= 15 is 0 Å². The first-order valence-corrected chi connectivity index (χ1v) is 10.7. The summed E-state index contributed by atoms with van der Waals surface area (Å²) in [6.07, 6.45) is 8.93. The number of hydrogen-bond acceptors (Lipinski definition) is 3. The van der Waals surface area contributed by atoms with Gasteiger partial charge in [-0.05, 0) is 81.1 Å². The van der Waals surface area contributed by atoms with Crippen LogP contribution < -0.4 is 0 Å². The first-order valence-electron chi connectivity index (χ1n) is 10.7. The second kappa shape index (κ2) is 6.89. The summed E-state index contributed by atoms with van der Waals surface area (Å²) in [6.45, 7) is 1.96. The van der Waals surface area contributed by atoms with Crippen molar-refractivity contribution in [1.29, 1.82) is 0 Å². The minimum atomic E-state index is -5.05. The predicted molar refractivity (Wildman–Crippen MR) is 100 cm³/mol. The summed E-state index contributed by atoms with van der Waals surface area (Å²) in [4.78, 5) is 23.6. The quantitative estimate of drug-likeness (QED) is 0.477. The van der Waals surface area contributed by atoms with Crippen LogP contribution >= 0.6 is 0 Å². The lowest BCUT2D eigenvalue weighted by Crippen LogP contribution is -2.56. The summed E-state index contributed by atoms with van der Waals surface area (Å²) in [7, 11) is 0. The molecule has 4 aliphatic carbocycles. The Labute approximate surface area is 169 Å². The van der Waals surface area contributed by atoms with E-state index in [1.165, 1.54) is 5.57 Å². The van der Waals surface area contributed by atoms with Gasteiger partial charge in [-0.2, -0.15) is 13.2 Å². The van der Waals surface area contributed by atoms with Gasteiger partial charge in [-0.25, -0.2) is 4.79 Å². The van der Waals surface area contributed by atoms with Gasteiger partial charge in [-0.15, -0.1) is 6.42 Å². The van der Waals surface area contributed by atoms with Crippen LogP contribution in [0.25, 0.3) is 0 Å². The second-order valence-electron chi connectivity index (χ2n) is 9.25. The largest absolute Gasteiger partial charge is 0.490 e. The van der Waals surface area contributed by atoms with Gasteiger partial charge in [0.1, 0.15) is 0 Å². The molecule has 29 heavy (non-hydrogen) atoms. The van der Waals surface area contributed by atoms with Gasteiger partial charge in [-0.3, -0.25) is 4.79 Å². The molecule has 0 N–H and O–H groups in total. The molecule has 0 aliphatic heterocycles. The van der Waals surface area contributed by atoms with Crippen LogP contribution in [0.1, 0.15) is 64.7 Å². The lowest BCUT2D eigenvalue weighted by Gasteiger charge is -2.56. The molecule has 4 rings (SSSR count).